The monoisotopic (exact) mass is 353 g/mol. The summed E-state index contributed by atoms with van der Waals surface area (Å²) < 4.78 is 25.5. The zero-order chi connectivity index (χ0) is 15.7. The third-order valence-corrected chi connectivity index (χ3v) is 5.55. The Bertz CT molecular complexity index is 740. The number of fused-ring (bicyclic) bond motifs is 2. The van der Waals surface area contributed by atoms with E-state index in [1.165, 1.54) is 0 Å². The van der Waals surface area contributed by atoms with Gasteiger partial charge in [0.2, 0.25) is 9.84 Å². The molecule has 1 aliphatic rings. The van der Waals surface area contributed by atoms with Crippen LogP contribution in [0.25, 0.3) is 0 Å². The number of hydrogen-bond acceptors (Lipinski definition) is 5. The third kappa shape index (κ3) is 3.20. The molecule has 5 nitrogen and oxygen atoms in total. The van der Waals surface area contributed by atoms with Gasteiger partial charge in [0.25, 0.3) is 0 Å². The fourth-order valence-electron chi connectivity index (χ4n) is 2.71. The number of anilines is 2. The van der Waals surface area contributed by atoms with Gasteiger partial charge in [-0.25, -0.2) is 13.4 Å². The van der Waals surface area contributed by atoms with Crippen LogP contribution >= 0.6 is 12.4 Å². The molecule has 0 spiro atoms. The van der Waals surface area contributed by atoms with Crippen LogP contribution in [0.15, 0.2) is 52.4 Å². The van der Waals surface area contributed by atoms with Crippen molar-refractivity contribution in [3.8, 4) is 0 Å². The quantitative estimate of drug-likeness (QED) is 0.846. The Morgan fingerprint density at radius 2 is 1.78 bits per heavy atom. The van der Waals surface area contributed by atoms with Crippen LogP contribution in [0.4, 0.5) is 11.5 Å². The van der Waals surface area contributed by atoms with Crippen molar-refractivity contribution >= 4 is 33.7 Å². The minimum atomic E-state index is -3.49. The molecule has 1 aliphatic heterocycles. The Hall–Kier alpha value is -1.63. The lowest BCUT2D eigenvalue weighted by atomic mass is 10.2. The van der Waals surface area contributed by atoms with E-state index in [1.807, 2.05) is 31.1 Å². The Morgan fingerprint density at radius 1 is 1.09 bits per heavy atom. The van der Waals surface area contributed by atoms with Crippen LogP contribution in [-0.2, 0) is 9.84 Å². The maximum atomic E-state index is 12.7. The van der Waals surface area contributed by atoms with Gasteiger partial charge in [0.15, 0.2) is 5.82 Å². The molecule has 0 fully saturated rings. The van der Waals surface area contributed by atoms with E-state index in [1.54, 1.807) is 30.5 Å². The average Bonchev–Trinajstić information content (AvgIpc) is 2.51. The van der Waals surface area contributed by atoms with Gasteiger partial charge in [0.1, 0.15) is 4.90 Å². The van der Waals surface area contributed by atoms with E-state index in [0.717, 1.165) is 19.5 Å². The number of para-hydroxylation sites is 1. The summed E-state index contributed by atoms with van der Waals surface area (Å²) in [5.41, 5.74) is 0.715. The molecule has 1 aromatic carbocycles. The zero-order valence-electron chi connectivity index (χ0n) is 13.1. The maximum absolute atomic E-state index is 12.7. The number of sulfone groups is 1. The van der Waals surface area contributed by atoms with Crippen molar-refractivity contribution in [2.75, 3.05) is 32.1 Å². The van der Waals surface area contributed by atoms with Crippen molar-refractivity contribution in [2.24, 2.45) is 0 Å². The SMILES string of the molecule is CN(C)CCCN1c2ccccc2S(=O)(=O)c2cccnc21.Cl. The standard InChI is InChI=1S/C16H19N3O2S.ClH/c1-18(2)11-6-12-19-13-7-3-4-8-14(13)22(20,21)15-9-5-10-17-16(15)19;/h3-5,7-10H,6,11-12H2,1-2H3;1H. The second-order valence-electron chi connectivity index (χ2n) is 5.60. The van der Waals surface area contributed by atoms with Crippen LogP contribution in [0.3, 0.4) is 0 Å². The summed E-state index contributed by atoms with van der Waals surface area (Å²) in [6.45, 7) is 1.67. The van der Waals surface area contributed by atoms with Crippen molar-refractivity contribution < 1.29 is 8.42 Å². The minimum Gasteiger partial charge on any atom is -0.324 e. The van der Waals surface area contributed by atoms with Gasteiger partial charge in [0, 0.05) is 12.7 Å². The molecular formula is C16H20ClN3O2S. The Labute approximate surface area is 143 Å². The van der Waals surface area contributed by atoms with Crippen LogP contribution in [0.2, 0.25) is 0 Å². The van der Waals surface area contributed by atoms with E-state index >= 15 is 0 Å². The summed E-state index contributed by atoms with van der Waals surface area (Å²) in [6.07, 6.45) is 2.57. The van der Waals surface area contributed by atoms with Crippen LogP contribution < -0.4 is 4.90 Å². The first kappa shape index (κ1) is 17.7. The molecule has 124 valence electrons. The highest BCUT2D eigenvalue weighted by Gasteiger charge is 2.34. The number of halogens is 1. The van der Waals surface area contributed by atoms with Crippen LogP contribution in [-0.4, -0.2) is 45.5 Å². The second kappa shape index (κ2) is 6.86. The molecule has 0 bridgehead atoms. The molecule has 2 heterocycles. The molecule has 0 aliphatic carbocycles. The van der Waals surface area contributed by atoms with Gasteiger partial charge in [-0.05, 0) is 51.3 Å². The highest BCUT2D eigenvalue weighted by atomic mass is 35.5. The third-order valence-electron chi connectivity index (χ3n) is 3.73. The molecule has 0 saturated carbocycles. The van der Waals surface area contributed by atoms with Gasteiger partial charge < -0.3 is 9.80 Å². The zero-order valence-corrected chi connectivity index (χ0v) is 14.8. The van der Waals surface area contributed by atoms with Crippen LogP contribution in [0.5, 0.6) is 0 Å². The van der Waals surface area contributed by atoms with E-state index < -0.39 is 9.84 Å². The molecular weight excluding hydrogens is 334 g/mol. The minimum absolute atomic E-state index is 0. The fraction of sp³-hybridized carbons (Fsp3) is 0.312. The first-order chi connectivity index (χ1) is 10.5. The molecule has 0 amide bonds. The predicted octanol–water partition coefficient (Wildman–Crippen LogP) is 2.74. The van der Waals surface area contributed by atoms with E-state index in [9.17, 15) is 8.42 Å². The molecule has 1 aromatic heterocycles. The molecule has 2 aromatic rings. The van der Waals surface area contributed by atoms with Gasteiger partial charge in [-0.1, -0.05) is 12.1 Å². The number of aromatic nitrogens is 1. The van der Waals surface area contributed by atoms with Crippen molar-refractivity contribution in [1.82, 2.24) is 9.88 Å². The molecule has 0 saturated heterocycles. The number of benzene rings is 1. The van der Waals surface area contributed by atoms with Gasteiger partial charge in [-0.15, -0.1) is 12.4 Å². The Kier molecular flexibility index (Phi) is 5.29. The van der Waals surface area contributed by atoms with E-state index in [4.69, 9.17) is 0 Å². The topological polar surface area (TPSA) is 53.5 Å². The van der Waals surface area contributed by atoms with Crippen LogP contribution in [0.1, 0.15) is 6.42 Å². The normalized spacial score (nSPS) is 14.8. The van der Waals surface area contributed by atoms with Crippen molar-refractivity contribution in [3.05, 3.63) is 42.6 Å². The summed E-state index contributed by atoms with van der Waals surface area (Å²) in [7, 11) is 0.567. The van der Waals surface area contributed by atoms with E-state index in [-0.39, 0.29) is 12.4 Å². The van der Waals surface area contributed by atoms with E-state index in [0.29, 0.717) is 21.3 Å². The lowest BCUT2D eigenvalue weighted by Gasteiger charge is -2.31. The lowest BCUT2D eigenvalue weighted by molar-refractivity contribution is 0.402. The average molecular weight is 354 g/mol. The molecule has 23 heavy (non-hydrogen) atoms. The first-order valence-corrected chi connectivity index (χ1v) is 8.71. The number of nitrogens with zero attached hydrogens (tertiary/aromatic N) is 3. The molecule has 0 atom stereocenters. The highest BCUT2D eigenvalue weighted by Crippen LogP contribution is 2.42. The van der Waals surface area contributed by atoms with Crippen LogP contribution in [0, 0.1) is 0 Å². The molecule has 0 N–H and O–H groups in total. The predicted molar refractivity (Wildman–Crippen MR) is 93.6 cm³/mol. The van der Waals surface area contributed by atoms with Crippen molar-refractivity contribution in [3.63, 3.8) is 0 Å². The number of pyridine rings is 1. The number of hydrogen-bond donors (Lipinski definition) is 0. The highest BCUT2D eigenvalue weighted by molar-refractivity contribution is 7.92. The van der Waals surface area contributed by atoms with Gasteiger partial charge in [-0.3, -0.25) is 0 Å². The van der Waals surface area contributed by atoms with Crippen molar-refractivity contribution in [1.29, 1.82) is 0 Å². The summed E-state index contributed by atoms with van der Waals surface area (Å²) >= 11 is 0. The summed E-state index contributed by atoms with van der Waals surface area (Å²) in [6, 6.07) is 10.4. The fourth-order valence-corrected chi connectivity index (χ4v) is 4.32. The largest absolute Gasteiger partial charge is 0.324 e. The van der Waals surface area contributed by atoms with E-state index in [2.05, 4.69) is 9.88 Å². The van der Waals surface area contributed by atoms with Gasteiger partial charge in [0.05, 0.1) is 10.6 Å². The summed E-state index contributed by atoms with van der Waals surface area (Å²) in [5.74, 6) is 0.528. The summed E-state index contributed by atoms with van der Waals surface area (Å²) in [4.78, 5) is 9.10. The number of rotatable bonds is 4. The molecule has 7 heteroatoms. The molecule has 3 rings (SSSR count). The second-order valence-corrected chi connectivity index (χ2v) is 7.49. The molecule has 0 radical (unpaired) electrons. The van der Waals surface area contributed by atoms with Gasteiger partial charge >= 0.3 is 0 Å². The smallest absolute Gasteiger partial charge is 0.212 e. The Balaban J connectivity index is 0.00000192. The first-order valence-electron chi connectivity index (χ1n) is 7.23. The maximum Gasteiger partial charge on any atom is 0.212 e. The molecule has 0 unspecified atom stereocenters. The lowest BCUT2D eigenvalue weighted by Crippen LogP contribution is -2.29. The van der Waals surface area contributed by atoms with Crippen molar-refractivity contribution in [2.45, 2.75) is 16.2 Å². The summed E-state index contributed by atoms with van der Waals surface area (Å²) in [5, 5.41) is 0. The Morgan fingerprint density at radius 3 is 2.52 bits per heavy atom. The van der Waals surface area contributed by atoms with Gasteiger partial charge in [-0.2, -0.15) is 0 Å².